The topological polar surface area (TPSA) is 117 Å². The smallest absolute Gasteiger partial charge is 0.339 e. The number of fused-ring (bicyclic) bond motifs is 5. The van der Waals surface area contributed by atoms with E-state index in [1.54, 1.807) is 18.3 Å². The Balaban J connectivity index is 1.61. The minimum absolute atomic E-state index is 0.0676. The van der Waals surface area contributed by atoms with Crippen LogP contribution in [0.25, 0.3) is 0 Å². The van der Waals surface area contributed by atoms with Gasteiger partial charge in [0.25, 0.3) is 0 Å². The first-order valence-electron chi connectivity index (χ1n) is 12.4. The first-order valence-corrected chi connectivity index (χ1v) is 12.4. The molecule has 0 bridgehead atoms. The van der Waals surface area contributed by atoms with E-state index in [0.29, 0.717) is 37.7 Å². The van der Waals surface area contributed by atoms with Gasteiger partial charge in [0, 0.05) is 29.6 Å². The quantitative estimate of drug-likeness (QED) is 0.460. The van der Waals surface area contributed by atoms with Gasteiger partial charge >= 0.3 is 5.97 Å². The first kappa shape index (κ1) is 23.6. The molecule has 1 heterocycles. The average molecular weight is 470 g/mol. The van der Waals surface area contributed by atoms with E-state index in [2.05, 4.69) is 11.9 Å². The monoisotopic (exact) mass is 469 g/mol. The lowest BCUT2D eigenvalue weighted by molar-refractivity contribution is -0.297. The lowest BCUT2D eigenvalue weighted by atomic mass is 9.43. The number of hydrogen-bond donors (Lipinski definition) is 3. The van der Waals surface area contributed by atoms with Crippen molar-refractivity contribution in [2.45, 2.75) is 89.1 Å². The number of aliphatic hydroxyl groups excluding tert-OH is 1. The number of ether oxygens (including phenoxy) is 1. The average Bonchev–Trinajstić information content (AvgIpc) is 3.10. The van der Waals surface area contributed by atoms with Crippen LogP contribution in [0.5, 0.6) is 0 Å². The summed E-state index contributed by atoms with van der Waals surface area (Å²) in [6, 6.07) is 3.29. The molecule has 0 aliphatic heterocycles. The molecule has 5 rings (SSSR count). The molecule has 0 amide bonds. The molecular weight excluding hydrogens is 434 g/mol. The number of aliphatic hydroxyl groups is 3. The normalized spacial score (nSPS) is 45.4. The Morgan fingerprint density at radius 1 is 1.18 bits per heavy atom. The molecule has 0 saturated heterocycles. The second kappa shape index (κ2) is 7.70. The van der Waals surface area contributed by atoms with Crippen molar-refractivity contribution in [1.29, 1.82) is 0 Å². The van der Waals surface area contributed by atoms with Crippen LogP contribution in [0.4, 0.5) is 0 Å². The number of carbonyl (C=O) groups is 2. The number of pyridine rings is 1. The second-order valence-electron chi connectivity index (χ2n) is 11.4. The number of ketones is 1. The molecule has 1 aromatic rings. The summed E-state index contributed by atoms with van der Waals surface area (Å²) in [6.45, 7) is 5.43. The van der Waals surface area contributed by atoms with Crippen LogP contribution in [0.15, 0.2) is 36.2 Å². The van der Waals surface area contributed by atoms with Crippen molar-refractivity contribution in [3.63, 3.8) is 0 Å². The van der Waals surface area contributed by atoms with Gasteiger partial charge in [-0.25, -0.2) is 4.79 Å². The van der Waals surface area contributed by atoms with E-state index in [4.69, 9.17) is 4.74 Å². The number of Topliss-reactive ketones (excluding diaryl/α,β-unsaturated/α-hetero) is 1. The van der Waals surface area contributed by atoms with Crippen molar-refractivity contribution in [3.8, 4) is 0 Å². The molecule has 0 aromatic carbocycles. The van der Waals surface area contributed by atoms with Crippen LogP contribution in [-0.2, 0) is 9.53 Å². The van der Waals surface area contributed by atoms with Gasteiger partial charge in [-0.1, -0.05) is 25.5 Å². The summed E-state index contributed by atoms with van der Waals surface area (Å²) in [5.74, 6) is -1.51. The largest absolute Gasteiger partial charge is 0.458 e. The summed E-state index contributed by atoms with van der Waals surface area (Å²) in [4.78, 5) is 29.9. The molecule has 34 heavy (non-hydrogen) atoms. The second-order valence-corrected chi connectivity index (χ2v) is 11.4. The third-order valence-electron chi connectivity index (χ3n) is 10.1. The molecular formula is C27H35NO6. The van der Waals surface area contributed by atoms with Crippen LogP contribution >= 0.6 is 0 Å². The lowest BCUT2D eigenvalue weighted by Crippen LogP contribution is -2.75. The van der Waals surface area contributed by atoms with Gasteiger partial charge in [-0.3, -0.25) is 9.78 Å². The van der Waals surface area contributed by atoms with Gasteiger partial charge in [0.15, 0.2) is 0 Å². The number of nitrogens with zero attached hydrogens (tertiary/aromatic N) is 1. The SMILES string of the molecule is CC(=O)[C@@H]1CC[C@@]2(O)[C@]1(C)[C@H](OC(=O)c1cccnc1)C[C@@H]1[C@@]3(C)CC[C@H](O)CC3=CC[C@]12O. The van der Waals surface area contributed by atoms with Crippen LogP contribution in [-0.4, -0.2) is 55.5 Å². The summed E-state index contributed by atoms with van der Waals surface area (Å²) in [5, 5.41) is 35.0. The Morgan fingerprint density at radius 3 is 2.62 bits per heavy atom. The molecule has 8 atom stereocenters. The van der Waals surface area contributed by atoms with E-state index in [1.807, 2.05) is 13.0 Å². The number of aromatic nitrogens is 1. The molecule has 7 heteroatoms. The highest BCUT2D eigenvalue weighted by atomic mass is 16.5. The molecule has 4 aliphatic carbocycles. The minimum atomic E-state index is -1.60. The minimum Gasteiger partial charge on any atom is -0.458 e. The lowest BCUT2D eigenvalue weighted by Gasteiger charge is -2.66. The van der Waals surface area contributed by atoms with E-state index < -0.39 is 46.1 Å². The molecule has 0 unspecified atom stereocenters. The zero-order valence-corrected chi connectivity index (χ0v) is 20.2. The van der Waals surface area contributed by atoms with Gasteiger partial charge in [-0.15, -0.1) is 0 Å². The first-order chi connectivity index (χ1) is 16.0. The molecule has 1 aromatic heterocycles. The van der Waals surface area contributed by atoms with Gasteiger partial charge in [-0.05, 0) is 69.4 Å². The van der Waals surface area contributed by atoms with E-state index in [0.717, 1.165) is 5.57 Å². The van der Waals surface area contributed by atoms with E-state index in [-0.39, 0.29) is 24.5 Å². The highest BCUT2D eigenvalue weighted by molar-refractivity contribution is 5.89. The maximum Gasteiger partial charge on any atom is 0.339 e. The Morgan fingerprint density at radius 2 is 1.94 bits per heavy atom. The molecule has 3 fully saturated rings. The zero-order chi connectivity index (χ0) is 24.5. The number of carbonyl (C=O) groups excluding carboxylic acids is 2. The summed E-state index contributed by atoms with van der Waals surface area (Å²) >= 11 is 0. The zero-order valence-electron chi connectivity index (χ0n) is 20.2. The predicted molar refractivity (Wildman–Crippen MR) is 124 cm³/mol. The van der Waals surface area contributed by atoms with E-state index in [1.165, 1.54) is 13.1 Å². The molecule has 0 radical (unpaired) electrons. The predicted octanol–water partition coefficient (Wildman–Crippen LogP) is 2.98. The van der Waals surface area contributed by atoms with Crippen LogP contribution < -0.4 is 0 Å². The number of rotatable bonds is 3. The summed E-state index contributed by atoms with van der Waals surface area (Å²) in [7, 11) is 0. The maximum atomic E-state index is 13.1. The number of esters is 1. The molecule has 3 N–H and O–H groups in total. The van der Waals surface area contributed by atoms with Crippen molar-refractivity contribution in [2.24, 2.45) is 22.7 Å². The fourth-order valence-corrected chi connectivity index (χ4v) is 8.11. The Hall–Kier alpha value is -2.09. The van der Waals surface area contributed by atoms with Crippen LogP contribution in [0.2, 0.25) is 0 Å². The van der Waals surface area contributed by atoms with E-state index >= 15 is 0 Å². The van der Waals surface area contributed by atoms with Crippen molar-refractivity contribution < 1.29 is 29.6 Å². The van der Waals surface area contributed by atoms with Crippen molar-refractivity contribution in [1.82, 2.24) is 4.98 Å². The number of hydrogen-bond acceptors (Lipinski definition) is 7. The van der Waals surface area contributed by atoms with Crippen LogP contribution in [0, 0.1) is 22.7 Å². The fraction of sp³-hybridized carbons (Fsp3) is 0.667. The molecule has 0 spiro atoms. The Labute approximate surface area is 200 Å². The van der Waals surface area contributed by atoms with E-state index in [9.17, 15) is 24.9 Å². The van der Waals surface area contributed by atoms with Crippen LogP contribution in [0.1, 0.15) is 76.1 Å². The van der Waals surface area contributed by atoms with Crippen molar-refractivity contribution in [2.75, 3.05) is 0 Å². The third-order valence-corrected chi connectivity index (χ3v) is 10.1. The third kappa shape index (κ3) is 2.96. The molecule has 184 valence electrons. The molecule has 4 aliphatic rings. The Kier molecular flexibility index (Phi) is 5.36. The maximum absolute atomic E-state index is 13.1. The highest BCUT2D eigenvalue weighted by Gasteiger charge is 2.77. The fourth-order valence-electron chi connectivity index (χ4n) is 8.11. The van der Waals surface area contributed by atoms with Gasteiger partial charge in [0.1, 0.15) is 23.1 Å². The van der Waals surface area contributed by atoms with Gasteiger partial charge < -0.3 is 20.1 Å². The van der Waals surface area contributed by atoms with Crippen molar-refractivity contribution >= 4 is 11.8 Å². The Bertz CT molecular complexity index is 1040. The van der Waals surface area contributed by atoms with Crippen LogP contribution in [0.3, 0.4) is 0 Å². The van der Waals surface area contributed by atoms with Crippen molar-refractivity contribution in [3.05, 3.63) is 41.7 Å². The standard InChI is InChI=1S/C27H35NO6/c1-16(29)20-8-11-27(33)25(20,3)22(34-23(31)17-5-4-12-28-15-17)14-21-24(2)9-7-19(30)13-18(24)6-10-26(21,27)32/h4-6,12,15,19-22,30,32-33H,7-11,13-14H2,1-3H3/t19-,20-,21+,22+,24-,25-,26-,27+/m0/s1. The summed E-state index contributed by atoms with van der Waals surface area (Å²) < 4.78 is 6.11. The van der Waals surface area contributed by atoms with Gasteiger partial charge in [0.2, 0.25) is 0 Å². The summed E-state index contributed by atoms with van der Waals surface area (Å²) in [6.07, 6.45) is 7.01. The van der Waals surface area contributed by atoms with Gasteiger partial charge in [0.05, 0.1) is 11.7 Å². The molecule has 3 saturated carbocycles. The summed E-state index contributed by atoms with van der Waals surface area (Å²) in [5.41, 5.74) is -3.20. The highest BCUT2D eigenvalue weighted by Crippen LogP contribution is 2.70. The molecule has 7 nitrogen and oxygen atoms in total. The van der Waals surface area contributed by atoms with Gasteiger partial charge in [-0.2, -0.15) is 0 Å².